The minimum absolute atomic E-state index is 0.0971. The van der Waals surface area contributed by atoms with Gasteiger partial charge in [0.2, 0.25) is 0 Å². The largest absolute Gasteiger partial charge is 0.453 e. The van der Waals surface area contributed by atoms with Crippen LogP contribution in [0.15, 0.2) is 0 Å². The van der Waals surface area contributed by atoms with Gasteiger partial charge in [0.1, 0.15) is 0 Å². The zero-order valence-corrected chi connectivity index (χ0v) is 6.08. The molecule has 0 unspecified atom stereocenters. The summed E-state index contributed by atoms with van der Waals surface area (Å²) in [6.45, 7) is 2.14. The van der Waals surface area contributed by atoms with Crippen molar-refractivity contribution in [2.45, 2.75) is 6.92 Å². The van der Waals surface area contributed by atoms with E-state index in [1.807, 2.05) is 0 Å². The third-order valence-corrected chi connectivity index (χ3v) is 1.07. The lowest BCUT2D eigenvalue weighted by atomic mass is 10.8. The lowest BCUT2D eigenvalue weighted by molar-refractivity contribution is -0.774. The van der Waals surface area contributed by atoms with E-state index in [2.05, 4.69) is 0 Å². The summed E-state index contributed by atoms with van der Waals surface area (Å²) < 4.78 is 0.653. The van der Waals surface area contributed by atoms with Crippen LogP contribution in [-0.4, -0.2) is 25.5 Å². The maximum absolute atomic E-state index is 8.47. The second kappa shape index (κ2) is 3.06. The summed E-state index contributed by atoms with van der Waals surface area (Å²) in [4.78, 5) is 0. The van der Waals surface area contributed by atoms with Crippen molar-refractivity contribution in [3.05, 3.63) is 0 Å². The van der Waals surface area contributed by atoms with Gasteiger partial charge in [-0.05, 0) is 6.92 Å². The molecule has 0 aliphatic carbocycles. The van der Waals surface area contributed by atoms with Crippen LogP contribution in [0.1, 0.15) is 6.92 Å². The van der Waals surface area contributed by atoms with E-state index in [9.17, 15) is 0 Å². The van der Waals surface area contributed by atoms with Crippen LogP contribution in [0.4, 0.5) is 0 Å². The molecule has 0 aromatic heterocycles. The Balaban J connectivity index is 3.72. The van der Waals surface area contributed by atoms with Gasteiger partial charge in [-0.1, -0.05) is 0 Å². The van der Waals surface area contributed by atoms with E-state index in [-0.39, 0.29) is 3.90 Å². The molecule has 0 saturated heterocycles. The number of aliphatic hydroxyl groups is 1. The Labute approximate surface area is 55.4 Å². The fourth-order valence-electron chi connectivity index (χ4n) is 0.130. The molecular weight excluding hydrogens is 209 g/mol. The summed E-state index contributed by atoms with van der Waals surface area (Å²) in [6.07, 6.45) is 0. The van der Waals surface area contributed by atoms with E-state index >= 15 is 0 Å². The summed E-state index contributed by atoms with van der Waals surface area (Å²) in [7, 11) is 0. The van der Waals surface area contributed by atoms with E-state index in [1.165, 1.54) is 0 Å². The SMILES string of the molecule is CC[N+](O)=C(O)I. The average Bonchev–Trinajstić information content (AvgIpc) is 1.65. The molecule has 3 nitrogen and oxygen atoms in total. The Morgan fingerprint density at radius 2 is 2.29 bits per heavy atom. The van der Waals surface area contributed by atoms with Crippen LogP contribution in [0.25, 0.3) is 0 Å². The summed E-state index contributed by atoms with van der Waals surface area (Å²) in [6, 6.07) is 0. The lowest BCUT2D eigenvalue weighted by Crippen LogP contribution is -2.11. The molecule has 42 valence electrons. The van der Waals surface area contributed by atoms with E-state index < -0.39 is 0 Å². The van der Waals surface area contributed by atoms with Crippen LogP contribution in [0.5, 0.6) is 0 Å². The van der Waals surface area contributed by atoms with Gasteiger partial charge in [0.05, 0.1) is 22.6 Å². The molecule has 0 aliphatic heterocycles. The van der Waals surface area contributed by atoms with Gasteiger partial charge < -0.3 is 5.11 Å². The van der Waals surface area contributed by atoms with Crippen molar-refractivity contribution in [2.24, 2.45) is 0 Å². The molecule has 0 saturated carbocycles. The zero-order chi connectivity index (χ0) is 5.86. The molecule has 0 fully saturated rings. The fraction of sp³-hybridized carbons (Fsp3) is 0.667. The van der Waals surface area contributed by atoms with Gasteiger partial charge >= 0.3 is 3.90 Å². The summed E-state index contributed by atoms with van der Waals surface area (Å²) in [5.74, 6) is 0. The highest BCUT2D eigenvalue weighted by atomic mass is 127. The Morgan fingerprint density at radius 1 is 1.86 bits per heavy atom. The first kappa shape index (κ1) is 7.00. The molecule has 0 aromatic carbocycles. The Morgan fingerprint density at radius 3 is 2.29 bits per heavy atom. The van der Waals surface area contributed by atoms with Crippen molar-refractivity contribution in [1.82, 2.24) is 0 Å². The highest BCUT2D eigenvalue weighted by Crippen LogP contribution is 1.81. The maximum Gasteiger partial charge on any atom is 0.443 e. The molecule has 0 aliphatic rings. The maximum atomic E-state index is 8.47. The third kappa shape index (κ3) is 2.67. The molecule has 7 heavy (non-hydrogen) atoms. The van der Waals surface area contributed by atoms with Gasteiger partial charge in [-0.25, -0.2) is 0 Å². The molecule has 0 radical (unpaired) electrons. The van der Waals surface area contributed by atoms with Gasteiger partial charge in [-0.3, -0.25) is 5.21 Å². The van der Waals surface area contributed by atoms with Crippen LogP contribution in [-0.2, 0) is 0 Å². The van der Waals surface area contributed by atoms with Crippen LogP contribution in [0.2, 0.25) is 0 Å². The minimum atomic E-state index is -0.0971. The first-order valence-electron chi connectivity index (χ1n) is 1.86. The van der Waals surface area contributed by atoms with Crippen LogP contribution in [0, 0.1) is 0 Å². The number of aliphatic hydroxyl groups excluding tert-OH is 1. The molecular formula is C3H7INO2+. The van der Waals surface area contributed by atoms with E-state index in [1.54, 1.807) is 29.5 Å². The van der Waals surface area contributed by atoms with Crippen molar-refractivity contribution in [1.29, 1.82) is 0 Å². The first-order valence-corrected chi connectivity index (χ1v) is 2.94. The number of nitrogens with zero attached hydrogens (tertiary/aromatic N) is 1. The van der Waals surface area contributed by atoms with Gasteiger partial charge in [-0.15, -0.1) is 0 Å². The molecule has 0 bridgehead atoms. The highest BCUT2D eigenvalue weighted by Gasteiger charge is 2.01. The topological polar surface area (TPSA) is 43.5 Å². The Bertz CT molecular complexity index is 86.9. The monoisotopic (exact) mass is 216 g/mol. The van der Waals surface area contributed by atoms with Gasteiger partial charge in [0.15, 0.2) is 6.54 Å². The van der Waals surface area contributed by atoms with Crippen molar-refractivity contribution in [3.8, 4) is 0 Å². The van der Waals surface area contributed by atoms with Crippen molar-refractivity contribution >= 4 is 26.5 Å². The second-order valence-corrected chi connectivity index (χ2v) is 1.95. The summed E-state index contributed by atoms with van der Waals surface area (Å²) in [5, 5.41) is 16.9. The number of hydroxylamine groups is 1. The van der Waals surface area contributed by atoms with Crippen LogP contribution >= 0.6 is 22.6 Å². The predicted molar refractivity (Wildman–Crippen MR) is 34.2 cm³/mol. The summed E-state index contributed by atoms with van der Waals surface area (Å²) >= 11 is 1.62. The standard InChI is InChI=1S/C3H6INO2/c1-2-5(7)3(4)6/h7H,2H2,1H3/p+1. The minimum Gasteiger partial charge on any atom is -0.453 e. The van der Waals surface area contributed by atoms with Gasteiger partial charge in [0, 0.05) is 4.74 Å². The number of hydrogen-bond donors (Lipinski definition) is 2. The number of halogens is 1. The Kier molecular flexibility index (Phi) is 3.06. The summed E-state index contributed by atoms with van der Waals surface area (Å²) in [5.41, 5.74) is 0. The Hall–Kier alpha value is 0. The predicted octanol–water partition coefficient (Wildman–Crippen LogP) is 0.757. The van der Waals surface area contributed by atoms with Crippen molar-refractivity contribution < 1.29 is 15.1 Å². The quantitative estimate of drug-likeness (QED) is 0.170. The van der Waals surface area contributed by atoms with Crippen molar-refractivity contribution in [2.75, 3.05) is 6.54 Å². The average molecular weight is 216 g/mol. The molecule has 0 amide bonds. The van der Waals surface area contributed by atoms with Crippen LogP contribution < -0.4 is 0 Å². The van der Waals surface area contributed by atoms with E-state index in [0.717, 1.165) is 4.74 Å². The molecule has 2 N–H and O–H groups in total. The number of hydrogen-bond acceptors (Lipinski definition) is 1. The molecule has 0 aromatic rings. The van der Waals surface area contributed by atoms with Crippen molar-refractivity contribution in [3.63, 3.8) is 0 Å². The molecule has 0 rings (SSSR count). The van der Waals surface area contributed by atoms with E-state index in [0.29, 0.717) is 6.54 Å². The zero-order valence-electron chi connectivity index (χ0n) is 3.93. The molecule has 0 atom stereocenters. The molecule has 0 heterocycles. The molecule has 4 heteroatoms. The van der Waals surface area contributed by atoms with E-state index in [4.69, 9.17) is 10.3 Å². The third-order valence-electron chi connectivity index (χ3n) is 0.513. The van der Waals surface area contributed by atoms with Gasteiger partial charge in [-0.2, -0.15) is 0 Å². The first-order chi connectivity index (χ1) is 3.18. The van der Waals surface area contributed by atoms with Crippen LogP contribution in [0.3, 0.4) is 0 Å². The normalized spacial score (nSPS) is 13.4. The smallest absolute Gasteiger partial charge is 0.443 e. The fourth-order valence-corrected chi connectivity index (χ4v) is 0.472. The lowest BCUT2D eigenvalue weighted by Gasteiger charge is -1.82. The number of rotatable bonds is 1. The molecule has 0 spiro atoms. The highest BCUT2D eigenvalue weighted by molar-refractivity contribution is 14.1. The van der Waals surface area contributed by atoms with Gasteiger partial charge in [0.25, 0.3) is 0 Å². The second-order valence-electron chi connectivity index (χ2n) is 0.985.